The van der Waals surface area contributed by atoms with Gasteiger partial charge in [-0.3, -0.25) is 0 Å². The normalized spacial score (nSPS) is 11.3. The zero-order valence-electron chi connectivity index (χ0n) is 10.9. The van der Waals surface area contributed by atoms with E-state index in [1.54, 1.807) is 12.1 Å². The fraction of sp³-hybridized carbons (Fsp3) is 0.500. The van der Waals surface area contributed by atoms with Crippen LogP contribution in [-0.4, -0.2) is 34.1 Å². The van der Waals surface area contributed by atoms with E-state index < -0.39 is 12.7 Å². The zero-order valence-corrected chi connectivity index (χ0v) is 10.9. The predicted octanol–water partition coefficient (Wildman–Crippen LogP) is 2.36. The Bertz CT molecular complexity index is 421. The summed E-state index contributed by atoms with van der Waals surface area (Å²) in [4.78, 5) is 0. The molecule has 0 aromatic heterocycles. The largest absolute Gasteiger partial charge is 0.496 e. The molecule has 0 aliphatic heterocycles. The molecule has 1 aromatic carbocycles. The molecule has 0 unspecified atom stereocenters. The van der Waals surface area contributed by atoms with Gasteiger partial charge in [-0.1, -0.05) is 0 Å². The second kappa shape index (κ2) is 6.51. The first-order valence-electron chi connectivity index (χ1n) is 5.47. The Kier molecular flexibility index (Phi) is 5.29. The van der Waals surface area contributed by atoms with Gasteiger partial charge in [0.05, 0.1) is 27.9 Å². The number of ether oxygens (including phenoxy) is 3. The maximum Gasteiger partial charge on any atom is 0.401 e. The maximum absolute atomic E-state index is 12.1. The van der Waals surface area contributed by atoms with Crippen molar-refractivity contribution in [1.29, 1.82) is 0 Å². The van der Waals surface area contributed by atoms with E-state index in [1.807, 2.05) is 0 Å². The third-order valence-electron chi connectivity index (χ3n) is 2.43. The van der Waals surface area contributed by atoms with Gasteiger partial charge in [0.25, 0.3) is 0 Å². The van der Waals surface area contributed by atoms with Crippen LogP contribution < -0.4 is 19.5 Å². The molecule has 0 aliphatic rings. The molecule has 0 saturated heterocycles. The Morgan fingerprint density at radius 3 is 1.95 bits per heavy atom. The lowest BCUT2D eigenvalue weighted by Gasteiger charge is -2.15. The maximum atomic E-state index is 12.1. The van der Waals surface area contributed by atoms with Crippen LogP contribution >= 0.6 is 0 Å². The Labute approximate surface area is 109 Å². The van der Waals surface area contributed by atoms with Gasteiger partial charge in [0, 0.05) is 18.2 Å². The predicted molar refractivity (Wildman–Crippen MR) is 63.9 cm³/mol. The smallest absolute Gasteiger partial charge is 0.401 e. The standard InChI is InChI=1S/C12H16F3NO3/c1-17-9-5-11(19-3)10(18-2)4-8(9)6-16-7-12(13,14)15/h4-5,16H,6-7H2,1-3H3. The van der Waals surface area contributed by atoms with Crippen LogP contribution in [0.2, 0.25) is 0 Å². The minimum atomic E-state index is -4.25. The van der Waals surface area contributed by atoms with E-state index in [0.717, 1.165) is 0 Å². The van der Waals surface area contributed by atoms with Gasteiger partial charge < -0.3 is 19.5 Å². The zero-order chi connectivity index (χ0) is 14.5. The molecule has 0 amide bonds. The summed E-state index contributed by atoms with van der Waals surface area (Å²) < 4.78 is 51.5. The van der Waals surface area contributed by atoms with Crippen molar-refractivity contribution in [3.8, 4) is 17.2 Å². The number of hydrogen-bond acceptors (Lipinski definition) is 4. The molecule has 1 N–H and O–H groups in total. The molecule has 0 bridgehead atoms. The molecule has 7 heteroatoms. The first-order valence-corrected chi connectivity index (χ1v) is 5.47. The van der Waals surface area contributed by atoms with Crippen molar-refractivity contribution in [2.24, 2.45) is 0 Å². The van der Waals surface area contributed by atoms with Gasteiger partial charge in [-0.2, -0.15) is 13.2 Å². The number of nitrogens with one attached hydrogen (secondary N) is 1. The highest BCUT2D eigenvalue weighted by atomic mass is 19.4. The number of rotatable bonds is 6. The van der Waals surface area contributed by atoms with Gasteiger partial charge in [-0.05, 0) is 6.07 Å². The van der Waals surface area contributed by atoms with Crippen LogP contribution in [-0.2, 0) is 6.54 Å². The van der Waals surface area contributed by atoms with E-state index in [-0.39, 0.29) is 6.54 Å². The van der Waals surface area contributed by atoms with E-state index >= 15 is 0 Å². The molecule has 0 saturated carbocycles. The molecule has 0 spiro atoms. The van der Waals surface area contributed by atoms with Crippen molar-refractivity contribution in [1.82, 2.24) is 5.32 Å². The minimum Gasteiger partial charge on any atom is -0.496 e. The van der Waals surface area contributed by atoms with Crippen LogP contribution in [0.1, 0.15) is 5.56 Å². The summed E-state index contributed by atoms with van der Waals surface area (Å²) in [7, 11) is 4.37. The third-order valence-corrected chi connectivity index (χ3v) is 2.43. The number of hydrogen-bond donors (Lipinski definition) is 1. The van der Waals surface area contributed by atoms with Gasteiger partial charge in [0.2, 0.25) is 0 Å². The molecule has 1 aromatic rings. The van der Waals surface area contributed by atoms with Crippen molar-refractivity contribution in [3.05, 3.63) is 17.7 Å². The van der Waals surface area contributed by atoms with Crippen LogP contribution in [0.4, 0.5) is 13.2 Å². The summed E-state index contributed by atoms with van der Waals surface area (Å²) in [6.45, 7) is -1.05. The topological polar surface area (TPSA) is 39.7 Å². The molecule has 0 aliphatic carbocycles. The van der Waals surface area contributed by atoms with Crippen LogP contribution in [0.3, 0.4) is 0 Å². The Hall–Kier alpha value is -1.63. The average molecular weight is 279 g/mol. The molecule has 0 heterocycles. The molecule has 19 heavy (non-hydrogen) atoms. The first-order chi connectivity index (χ1) is 8.91. The van der Waals surface area contributed by atoms with E-state index in [1.165, 1.54) is 21.3 Å². The number of methoxy groups -OCH3 is 3. The molecule has 4 nitrogen and oxygen atoms in total. The van der Waals surface area contributed by atoms with Crippen molar-refractivity contribution >= 4 is 0 Å². The Morgan fingerprint density at radius 1 is 0.947 bits per heavy atom. The Balaban J connectivity index is 2.86. The summed E-state index contributed by atoms with van der Waals surface area (Å²) in [5.74, 6) is 1.33. The lowest BCUT2D eigenvalue weighted by atomic mass is 10.1. The SMILES string of the molecule is COc1cc(OC)c(OC)cc1CNCC(F)(F)F. The number of halogens is 3. The van der Waals surface area contributed by atoms with E-state index in [4.69, 9.17) is 14.2 Å². The molecular formula is C12H16F3NO3. The second-order valence-corrected chi connectivity index (χ2v) is 3.74. The van der Waals surface area contributed by atoms with Gasteiger partial charge in [-0.15, -0.1) is 0 Å². The average Bonchev–Trinajstić information content (AvgIpc) is 2.36. The summed E-state index contributed by atoms with van der Waals surface area (Å²) in [6.07, 6.45) is -4.25. The quantitative estimate of drug-likeness (QED) is 0.867. The molecule has 1 rings (SSSR count). The summed E-state index contributed by atoms with van der Waals surface area (Å²) in [5, 5.41) is 2.30. The molecule has 108 valence electrons. The third kappa shape index (κ3) is 4.51. The minimum absolute atomic E-state index is 0.0169. The van der Waals surface area contributed by atoms with Gasteiger partial charge in [-0.25, -0.2) is 0 Å². The number of alkyl halides is 3. The van der Waals surface area contributed by atoms with Gasteiger partial charge >= 0.3 is 6.18 Å². The first kappa shape index (κ1) is 15.4. The highest BCUT2D eigenvalue weighted by Gasteiger charge is 2.26. The molecule has 0 fully saturated rings. The Morgan fingerprint density at radius 2 is 1.47 bits per heavy atom. The van der Waals surface area contributed by atoms with Crippen molar-refractivity contribution in [2.45, 2.75) is 12.7 Å². The van der Waals surface area contributed by atoms with E-state index in [0.29, 0.717) is 22.8 Å². The molecule has 0 radical (unpaired) electrons. The highest BCUT2D eigenvalue weighted by Crippen LogP contribution is 2.34. The fourth-order valence-electron chi connectivity index (χ4n) is 1.57. The number of benzene rings is 1. The fourth-order valence-corrected chi connectivity index (χ4v) is 1.57. The second-order valence-electron chi connectivity index (χ2n) is 3.74. The van der Waals surface area contributed by atoms with E-state index in [2.05, 4.69) is 5.32 Å². The summed E-state index contributed by atoms with van der Waals surface area (Å²) in [6, 6.07) is 3.16. The van der Waals surface area contributed by atoms with Crippen LogP contribution in [0.15, 0.2) is 12.1 Å². The molecular weight excluding hydrogens is 263 g/mol. The monoisotopic (exact) mass is 279 g/mol. The lowest BCUT2D eigenvalue weighted by molar-refractivity contribution is -0.125. The highest BCUT2D eigenvalue weighted by molar-refractivity contribution is 5.50. The van der Waals surface area contributed by atoms with Crippen molar-refractivity contribution < 1.29 is 27.4 Å². The van der Waals surface area contributed by atoms with Crippen molar-refractivity contribution in [3.63, 3.8) is 0 Å². The van der Waals surface area contributed by atoms with E-state index in [9.17, 15) is 13.2 Å². The summed E-state index contributed by atoms with van der Waals surface area (Å²) >= 11 is 0. The lowest BCUT2D eigenvalue weighted by Crippen LogP contribution is -2.28. The summed E-state index contributed by atoms with van der Waals surface area (Å²) in [5.41, 5.74) is 0.560. The van der Waals surface area contributed by atoms with Crippen molar-refractivity contribution in [2.75, 3.05) is 27.9 Å². The van der Waals surface area contributed by atoms with Crippen LogP contribution in [0.25, 0.3) is 0 Å². The van der Waals surface area contributed by atoms with Gasteiger partial charge in [0.15, 0.2) is 11.5 Å². The van der Waals surface area contributed by atoms with Gasteiger partial charge in [0.1, 0.15) is 5.75 Å². The van der Waals surface area contributed by atoms with Crippen LogP contribution in [0.5, 0.6) is 17.2 Å². The molecule has 0 atom stereocenters. The van der Waals surface area contributed by atoms with Crippen LogP contribution in [0, 0.1) is 0 Å².